The molecule has 1 aliphatic heterocycles. The van der Waals surface area contributed by atoms with Gasteiger partial charge >= 0.3 is 0 Å². The van der Waals surface area contributed by atoms with E-state index in [0.717, 1.165) is 75.7 Å². The van der Waals surface area contributed by atoms with Gasteiger partial charge in [-0.15, -0.1) is 0 Å². The molecule has 5 rings (SSSR count). The predicted octanol–water partition coefficient (Wildman–Crippen LogP) is 5.13. The summed E-state index contributed by atoms with van der Waals surface area (Å²) in [5, 5.41) is 10.8. The molecule has 8 nitrogen and oxygen atoms in total. The van der Waals surface area contributed by atoms with Crippen LogP contribution in [0.4, 0.5) is 11.8 Å². The third-order valence-electron chi connectivity index (χ3n) is 8.45. The molecule has 0 radical (unpaired) electrons. The fourth-order valence-corrected chi connectivity index (χ4v) is 5.97. The minimum atomic E-state index is 0.691. The lowest BCUT2D eigenvalue weighted by Crippen LogP contribution is -2.46. The van der Waals surface area contributed by atoms with E-state index in [1.54, 1.807) is 7.11 Å². The highest BCUT2D eigenvalue weighted by Crippen LogP contribution is 2.20. The molecule has 42 heavy (non-hydrogen) atoms. The molecule has 2 fully saturated rings. The van der Waals surface area contributed by atoms with E-state index < -0.39 is 0 Å². The quantitative estimate of drug-likeness (QED) is 0.230. The summed E-state index contributed by atoms with van der Waals surface area (Å²) in [5.41, 5.74) is 4.82. The largest absolute Gasteiger partial charge is 0.497 e. The van der Waals surface area contributed by atoms with Gasteiger partial charge in [0.25, 0.3) is 0 Å². The van der Waals surface area contributed by atoms with Gasteiger partial charge < -0.3 is 25.6 Å². The topological polar surface area (TPSA) is 77.6 Å². The van der Waals surface area contributed by atoms with Gasteiger partial charge in [-0.05, 0) is 68.1 Å². The number of piperazine rings is 1. The fourth-order valence-electron chi connectivity index (χ4n) is 5.97. The highest BCUT2D eigenvalue weighted by Gasteiger charge is 2.19. The smallest absolute Gasteiger partial charge is 0.225 e. The molecule has 3 aromatic rings. The molecule has 2 aromatic carbocycles. The lowest BCUT2D eigenvalue weighted by molar-refractivity contribution is 0.249. The second kappa shape index (κ2) is 15.9. The van der Waals surface area contributed by atoms with E-state index in [4.69, 9.17) is 9.72 Å². The minimum absolute atomic E-state index is 0.691. The van der Waals surface area contributed by atoms with Crippen molar-refractivity contribution in [2.24, 2.45) is 0 Å². The fraction of sp³-hybridized carbons (Fsp3) is 0.529. The van der Waals surface area contributed by atoms with E-state index >= 15 is 0 Å². The molecule has 2 heterocycles. The second-order valence-electron chi connectivity index (χ2n) is 11.8. The van der Waals surface area contributed by atoms with Crippen molar-refractivity contribution >= 4 is 11.8 Å². The van der Waals surface area contributed by atoms with E-state index in [-0.39, 0.29) is 0 Å². The van der Waals surface area contributed by atoms with Crippen LogP contribution in [-0.2, 0) is 19.6 Å². The van der Waals surface area contributed by atoms with E-state index in [9.17, 15) is 0 Å². The number of benzene rings is 2. The number of rotatable bonds is 14. The van der Waals surface area contributed by atoms with Crippen LogP contribution in [0.1, 0.15) is 60.9 Å². The third kappa shape index (κ3) is 9.41. The number of ether oxygens (including phenoxy) is 1. The normalized spacial score (nSPS) is 16.5. The highest BCUT2D eigenvalue weighted by atomic mass is 16.5. The molecule has 226 valence electrons. The Morgan fingerprint density at radius 3 is 2.36 bits per heavy atom. The van der Waals surface area contributed by atoms with Crippen LogP contribution in [0.2, 0.25) is 0 Å². The summed E-state index contributed by atoms with van der Waals surface area (Å²) in [4.78, 5) is 14.4. The summed E-state index contributed by atoms with van der Waals surface area (Å²) >= 11 is 0. The standard InChI is InChI=1S/C34H49N7O/c1-27-22-33(41-20-18-40(19-21-41)26-30-8-6-11-32(23-30)42-2)39-34(38-27)37-25-29-14-12-28(13-15-29)24-35-16-7-17-36-31-9-4-3-5-10-31/h6,8,11-15,22-23,31,35-36H,3-5,7,9-10,16-21,24-26H2,1-2H3,(H,37,38,39). The molecule has 0 bridgehead atoms. The number of nitrogens with one attached hydrogen (secondary N) is 3. The molecule has 1 saturated carbocycles. The van der Waals surface area contributed by atoms with Crippen LogP contribution in [0.3, 0.4) is 0 Å². The lowest BCUT2D eigenvalue weighted by Gasteiger charge is -2.35. The number of anilines is 2. The molecular formula is C34H49N7O. The van der Waals surface area contributed by atoms with Crippen molar-refractivity contribution in [3.8, 4) is 5.75 Å². The SMILES string of the molecule is COc1cccc(CN2CCN(c3cc(C)nc(NCc4ccc(CNCCCNC5CCCCC5)cc4)n3)CC2)c1. The Balaban J connectivity index is 1.02. The minimum Gasteiger partial charge on any atom is -0.497 e. The van der Waals surface area contributed by atoms with Crippen LogP contribution in [0.25, 0.3) is 0 Å². The summed E-state index contributed by atoms with van der Waals surface area (Å²) in [6.07, 6.45) is 8.09. The first-order valence-electron chi connectivity index (χ1n) is 15.9. The van der Waals surface area contributed by atoms with Crippen molar-refractivity contribution < 1.29 is 4.74 Å². The Bertz CT molecular complexity index is 1220. The Hall–Kier alpha value is -3.20. The van der Waals surface area contributed by atoms with Crippen molar-refractivity contribution in [1.82, 2.24) is 25.5 Å². The van der Waals surface area contributed by atoms with Crippen molar-refractivity contribution in [3.05, 3.63) is 77.0 Å². The maximum absolute atomic E-state index is 5.38. The van der Waals surface area contributed by atoms with Crippen molar-refractivity contribution in [2.45, 2.75) is 71.1 Å². The molecule has 2 aliphatic rings. The van der Waals surface area contributed by atoms with E-state index in [2.05, 4.69) is 79.3 Å². The van der Waals surface area contributed by atoms with E-state index in [0.29, 0.717) is 12.5 Å². The summed E-state index contributed by atoms with van der Waals surface area (Å²) in [6.45, 7) is 10.7. The first-order valence-corrected chi connectivity index (χ1v) is 15.9. The zero-order valence-corrected chi connectivity index (χ0v) is 25.6. The van der Waals surface area contributed by atoms with Crippen LogP contribution in [-0.4, -0.2) is 67.3 Å². The Morgan fingerprint density at radius 1 is 0.833 bits per heavy atom. The van der Waals surface area contributed by atoms with Gasteiger partial charge in [-0.2, -0.15) is 4.98 Å². The molecule has 0 amide bonds. The number of nitrogens with zero attached hydrogens (tertiary/aromatic N) is 4. The van der Waals surface area contributed by atoms with Crippen molar-refractivity contribution in [2.75, 3.05) is 56.6 Å². The first-order chi connectivity index (χ1) is 20.6. The third-order valence-corrected chi connectivity index (χ3v) is 8.45. The Morgan fingerprint density at radius 2 is 1.60 bits per heavy atom. The number of hydrogen-bond donors (Lipinski definition) is 3. The summed E-state index contributed by atoms with van der Waals surface area (Å²) in [6, 6.07) is 20.0. The molecule has 1 saturated heterocycles. The van der Waals surface area contributed by atoms with Crippen LogP contribution in [0, 0.1) is 6.92 Å². The zero-order valence-electron chi connectivity index (χ0n) is 25.6. The zero-order chi connectivity index (χ0) is 29.0. The maximum Gasteiger partial charge on any atom is 0.225 e. The molecule has 1 aromatic heterocycles. The average Bonchev–Trinajstić information content (AvgIpc) is 3.03. The molecule has 0 spiro atoms. The number of aryl methyl sites for hydroxylation is 1. The molecule has 0 unspecified atom stereocenters. The van der Waals surface area contributed by atoms with E-state index in [1.807, 2.05) is 13.0 Å². The molecular weight excluding hydrogens is 522 g/mol. The Kier molecular flexibility index (Phi) is 11.4. The van der Waals surface area contributed by atoms with Crippen LogP contribution < -0.4 is 25.6 Å². The van der Waals surface area contributed by atoms with Crippen LogP contribution in [0.15, 0.2) is 54.6 Å². The van der Waals surface area contributed by atoms with Gasteiger partial charge in [-0.1, -0.05) is 55.7 Å². The molecule has 1 aliphatic carbocycles. The molecule has 0 atom stereocenters. The van der Waals surface area contributed by atoms with Gasteiger partial charge in [0.15, 0.2) is 0 Å². The summed E-state index contributed by atoms with van der Waals surface area (Å²) in [7, 11) is 1.72. The van der Waals surface area contributed by atoms with Crippen LogP contribution in [0.5, 0.6) is 5.75 Å². The second-order valence-corrected chi connectivity index (χ2v) is 11.8. The number of methoxy groups -OCH3 is 1. The van der Waals surface area contributed by atoms with Gasteiger partial charge in [0, 0.05) is 63.6 Å². The van der Waals surface area contributed by atoms with Gasteiger partial charge in [0.2, 0.25) is 5.95 Å². The maximum atomic E-state index is 5.38. The first kappa shape index (κ1) is 30.3. The molecule has 3 N–H and O–H groups in total. The van der Waals surface area contributed by atoms with Gasteiger partial charge in [-0.3, -0.25) is 4.90 Å². The number of aromatic nitrogens is 2. The van der Waals surface area contributed by atoms with Crippen molar-refractivity contribution in [1.29, 1.82) is 0 Å². The number of hydrogen-bond acceptors (Lipinski definition) is 8. The predicted molar refractivity (Wildman–Crippen MR) is 172 cm³/mol. The average molecular weight is 572 g/mol. The summed E-state index contributed by atoms with van der Waals surface area (Å²) in [5.74, 6) is 2.61. The van der Waals surface area contributed by atoms with E-state index in [1.165, 1.54) is 55.2 Å². The van der Waals surface area contributed by atoms with Gasteiger partial charge in [-0.25, -0.2) is 4.98 Å². The lowest BCUT2D eigenvalue weighted by atomic mass is 9.95. The van der Waals surface area contributed by atoms with Crippen molar-refractivity contribution in [3.63, 3.8) is 0 Å². The Labute approximate surface area is 252 Å². The summed E-state index contributed by atoms with van der Waals surface area (Å²) < 4.78 is 5.38. The molecule has 8 heteroatoms. The van der Waals surface area contributed by atoms with Gasteiger partial charge in [0.05, 0.1) is 7.11 Å². The monoisotopic (exact) mass is 571 g/mol. The van der Waals surface area contributed by atoms with Gasteiger partial charge in [0.1, 0.15) is 11.6 Å². The van der Waals surface area contributed by atoms with Crippen LogP contribution >= 0.6 is 0 Å². The highest BCUT2D eigenvalue weighted by molar-refractivity contribution is 5.45.